The number of halogens is 1. The van der Waals surface area contributed by atoms with Crippen molar-refractivity contribution in [2.24, 2.45) is 0 Å². The van der Waals surface area contributed by atoms with Gasteiger partial charge in [0.2, 0.25) is 0 Å². The van der Waals surface area contributed by atoms with Gasteiger partial charge in [-0.05, 0) is 28.8 Å². The van der Waals surface area contributed by atoms with Crippen LogP contribution in [0.2, 0.25) is 0 Å². The van der Waals surface area contributed by atoms with Crippen molar-refractivity contribution in [1.29, 1.82) is 0 Å². The van der Waals surface area contributed by atoms with Gasteiger partial charge in [0.25, 0.3) is 0 Å². The highest BCUT2D eigenvalue weighted by Crippen LogP contribution is 2.19. The Morgan fingerprint density at radius 1 is 0.619 bits per heavy atom. The van der Waals surface area contributed by atoms with Gasteiger partial charge in [0.15, 0.2) is 0 Å². The quantitative estimate of drug-likeness (QED) is 0.553. The van der Waals surface area contributed by atoms with Crippen molar-refractivity contribution >= 4 is 6.08 Å². The summed E-state index contributed by atoms with van der Waals surface area (Å²) in [7, 11) is 0. The van der Waals surface area contributed by atoms with E-state index in [1.54, 1.807) is 18.2 Å². The fraction of sp³-hybridized carbons (Fsp3) is 0. The minimum absolute atomic E-state index is 0.178. The first-order valence-electron chi connectivity index (χ1n) is 6.78. The fourth-order valence-corrected chi connectivity index (χ4v) is 1.86. The summed E-state index contributed by atoms with van der Waals surface area (Å²) in [5.41, 5.74) is 3.66. The zero-order valence-electron chi connectivity index (χ0n) is 11.7. The molecule has 0 fully saturated rings. The Balaban J connectivity index is 0.000000194. The molecular formula is C20H17F. The summed E-state index contributed by atoms with van der Waals surface area (Å²) >= 11 is 0. The van der Waals surface area contributed by atoms with E-state index in [0.717, 1.165) is 5.56 Å². The Bertz CT molecular complexity index is 655. The van der Waals surface area contributed by atoms with Gasteiger partial charge in [0, 0.05) is 0 Å². The first kappa shape index (κ1) is 14.7. The lowest BCUT2D eigenvalue weighted by atomic mass is 10.0. The van der Waals surface area contributed by atoms with Crippen LogP contribution in [0.1, 0.15) is 5.56 Å². The molecule has 0 aliphatic carbocycles. The van der Waals surface area contributed by atoms with E-state index in [1.165, 1.54) is 23.3 Å². The van der Waals surface area contributed by atoms with Gasteiger partial charge in [0.05, 0.1) is 0 Å². The number of rotatable bonds is 2. The molecule has 0 unspecified atom stereocenters. The topological polar surface area (TPSA) is 0 Å². The molecule has 0 radical (unpaired) electrons. The number of benzene rings is 3. The van der Waals surface area contributed by atoms with E-state index >= 15 is 0 Å². The zero-order valence-corrected chi connectivity index (χ0v) is 11.7. The molecular weight excluding hydrogens is 259 g/mol. The molecule has 0 aliphatic rings. The van der Waals surface area contributed by atoms with Gasteiger partial charge in [-0.2, -0.15) is 0 Å². The molecule has 0 saturated heterocycles. The van der Waals surface area contributed by atoms with E-state index in [2.05, 4.69) is 55.1 Å². The minimum Gasteiger partial charge on any atom is -0.207 e. The van der Waals surface area contributed by atoms with Gasteiger partial charge in [-0.25, -0.2) is 4.39 Å². The maximum atomic E-state index is 11.9. The van der Waals surface area contributed by atoms with E-state index < -0.39 is 0 Å². The normalized spacial score (nSPS) is 9.38. The van der Waals surface area contributed by atoms with Gasteiger partial charge < -0.3 is 0 Å². The third-order valence-corrected chi connectivity index (χ3v) is 2.99. The maximum Gasteiger partial charge on any atom is 0.123 e. The molecule has 0 amide bonds. The van der Waals surface area contributed by atoms with E-state index in [4.69, 9.17) is 0 Å². The lowest BCUT2D eigenvalue weighted by Crippen LogP contribution is -1.76. The van der Waals surface area contributed by atoms with Crippen LogP contribution in [0.15, 0.2) is 91.5 Å². The highest BCUT2D eigenvalue weighted by atomic mass is 19.1. The Hall–Kier alpha value is -2.67. The largest absolute Gasteiger partial charge is 0.207 e. The van der Waals surface area contributed by atoms with Crippen LogP contribution < -0.4 is 0 Å². The van der Waals surface area contributed by atoms with Gasteiger partial charge in [-0.15, -0.1) is 0 Å². The first-order chi connectivity index (χ1) is 10.3. The molecule has 0 spiro atoms. The Labute approximate surface area is 125 Å². The summed E-state index contributed by atoms with van der Waals surface area (Å²) in [4.78, 5) is 0. The van der Waals surface area contributed by atoms with Crippen LogP contribution in [-0.2, 0) is 0 Å². The molecule has 0 aromatic heterocycles. The molecule has 0 aliphatic heterocycles. The summed E-state index contributed by atoms with van der Waals surface area (Å²) in [6.45, 7) is 3.73. The lowest BCUT2D eigenvalue weighted by molar-refractivity contribution is 0.628. The third kappa shape index (κ3) is 4.73. The smallest absolute Gasteiger partial charge is 0.123 e. The van der Waals surface area contributed by atoms with Crippen LogP contribution in [0.3, 0.4) is 0 Å². The van der Waals surface area contributed by atoms with Crippen molar-refractivity contribution in [3.05, 3.63) is 103 Å². The minimum atomic E-state index is -0.178. The van der Waals surface area contributed by atoms with Crippen molar-refractivity contribution in [3.8, 4) is 11.1 Å². The highest BCUT2D eigenvalue weighted by Gasteiger charge is 1.94. The second-order valence-corrected chi connectivity index (χ2v) is 4.49. The summed E-state index contributed by atoms with van der Waals surface area (Å²) < 4.78 is 11.9. The molecule has 0 bridgehead atoms. The molecule has 1 heteroatoms. The predicted octanol–water partition coefficient (Wildman–Crippen LogP) is 5.82. The van der Waals surface area contributed by atoms with E-state index in [0.29, 0.717) is 0 Å². The van der Waals surface area contributed by atoms with Gasteiger partial charge >= 0.3 is 0 Å². The molecule has 3 rings (SSSR count). The fourth-order valence-electron chi connectivity index (χ4n) is 1.86. The third-order valence-electron chi connectivity index (χ3n) is 2.99. The highest BCUT2D eigenvalue weighted by molar-refractivity contribution is 5.65. The predicted molar refractivity (Wildman–Crippen MR) is 88.4 cm³/mol. The zero-order chi connectivity index (χ0) is 14.9. The van der Waals surface area contributed by atoms with Gasteiger partial charge in [-0.1, -0.05) is 85.5 Å². The molecule has 3 aromatic carbocycles. The van der Waals surface area contributed by atoms with Crippen molar-refractivity contribution < 1.29 is 4.39 Å². The number of hydrogen-bond acceptors (Lipinski definition) is 0. The summed E-state index contributed by atoms with van der Waals surface area (Å²) in [6.07, 6.45) is 1.86. The van der Waals surface area contributed by atoms with Crippen LogP contribution in [0, 0.1) is 5.82 Å². The maximum absolute atomic E-state index is 11.9. The molecule has 0 heterocycles. The Kier molecular flexibility index (Phi) is 5.48. The molecule has 0 N–H and O–H groups in total. The van der Waals surface area contributed by atoms with E-state index in [-0.39, 0.29) is 5.82 Å². The lowest BCUT2D eigenvalue weighted by Gasteiger charge is -2.01. The summed E-state index contributed by atoms with van der Waals surface area (Å²) in [5.74, 6) is -0.178. The molecule has 0 nitrogen and oxygen atoms in total. The summed E-state index contributed by atoms with van der Waals surface area (Å²) in [6, 6.07) is 26.7. The molecule has 0 saturated carbocycles. The van der Waals surface area contributed by atoms with Crippen LogP contribution in [0.25, 0.3) is 17.2 Å². The first-order valence-corrected chi connectivity index (χ1v) is 6.78. The van der Waals surface area contributed by atoms with Crippen LogP contribution in [0.5, 0.6) is 0 Å². The van der Waals surface area contributed by atoms with Crippen molar-refractivity contribution in [3.63, 3.8) is 0 Å². The monoisotopic (exact) mass is 276 g/mol. The standard InChI is InChI=1S/C14H12.C6H5F/c1-2-12-8-10-14(11-9-12)13-6-4-3-5-7-13;7-6-4-2-1-3-5-6/h2-11H,1H2;1-5H. The molecule has 21 heavy (non-hydrogen) atoms. The van der Waals surface area contributed by atoms with Crippen molar-refractivity contribution in [2.45, 2.75) is 0 Å². The van der Waals surface area contributed by atoms with Crippen molar-refractivity contribution in [2.75, 3.05) is 0 Å². The molecule has 3 aromatic rings. The summed E-state index contributed by atoms with van der Waals surface area (Å²) in [5, 5.41) is 0. The Morgan fingerprint density at radius 3 is 1.52 bits per heavy atom. The van der Waals surface area contributed by atoms with Crippen LogP contribution in [0.4, 0.5) is 4.39 Å². The Morgan fingerprint density at radius 2 is 1.10 bits per heavy atom. The molecule has 0 atom stereocenters. The second-order valence-electron chi connectivity index (χ2n) is 4.49. The van der Waals surface area contributed by atoms with Crippen LogP contribution >= 0.6 is 0 Å². The average molecular weight is 276 g/mol. The SMILES string of the molecule is C=Cc1ccc(-c2ccccc2)cc1.Fc1ccccc1. The second kappa shape index (κ2) is 7.81. The van der Waals surface area contributed by atoms with Crippen LogP contribution in [-0.4, -0.2) is 0 Å². The van der Waals surface area contributed by atoms with E-state index in [9.17, 15) is 4.39 Å². The van der Waals surface area contributed by atoms with Gasteiger partial charge in [0.1, 0.15) is 5.82 Å². The van der Waals surface area contributed by atoms with E-state index in [1.807, 2.05) is 12.1 Å². The number of hydrogen-bond donors (Lipinski definition) is 0. The van der Waals surface area contributed by atoms with Crippen molar-refractivity contribution in [1.82, 2.24) is 0 Å². The average Bonchev–Trinajstić information content (AvgIpc) is 2.57. The molecule has 104 valence electrons. The van der Waals surface area contributed by atoms with Gasteiger partial charge in [-0.3, -0.25) is 0 Å².